The highest BCUT2D eigenvalue weighted by atomic mass is 32.2. The zero-order chi connectivity index (χ0) is 13.6. The standard InChI is InChI=1S/C12H22N4O2S/c17-19(18,10-2-5-14-12-3-4-12)15-6-1-8-16-9-7-13-11-16/h7,9,11-12,14-15H,1-6,8,10H2. The van der Waals surface area contributed by atoms with Gasteiger partial charge < -0.3 is 9.88 Å². The van der Waals surface area contributed by atoms with Gasteiger partial charge in [0.05, 0.1) is 12.1 Å². The molecule has 1 fully saturated rings. The van der Waals surface area contributed by atoms with E-state index in [1.54, 1.807) is 12.5 Å². The van der Waals surface area contributed by atoms with E-state index in [0.29, 0.717) is 19.0 Å². The Bertz CT molecular complexity index is 454. The smallest absolute Gasteiger partial charge is 0.211 e. The fraction of sp³-hybridized carbons (Fsp3) is 0.750. The third-order valence-electron chi connectivity index (χ3n) is 3.07. The summed E-state index contributed by atoms with van der Waals surface area (Å²) in [5, 5.41) is 3.31. The van der Waals surface area contributed by atoms with Gasteiger partial charge in [-0.25, -0.2) is 18.1 Å². The topological polar surface area (TPSA) is 76.0 Å². The number of nitrogens with one attached hydrogen (secondary N) is 2. The molecular formula is C12H22N4O2S. The molecule has 1 aromatic heterocycles. The summed E-state index contributed by atoms with van der Waals surface area (Å²) in [6.45, 7) is 2.06. The Kier molecular flexibility index (Phi) is 5.35. The second-order valence-corrected chi connectivity index (χ2v) is 6.88. The van der Waals surface area contributed by atoms with E-state index >= 15 is 0 Å². The van der Waals surface area contributed by atoms with Crippen LogP contribution in [0.15, 0.2) is 18.7 Å². The Hall–Kier alpha value is -0.920. The average Bonchev–Trinajstić information content (AvgIpc) is 3.05. The normalized spacial score (nSPS) is 15.8. The Labute approximate surface area is 114 Å². The average molecular weight is 286 g/mol. The van der Waals surface area contributed by atoms with Crippen LogP contribution in [0.4, 0.5) is 0 Å². The lowest BCUT2D eigenvalue weighted by molar-refractivity contribution is 0.564. The molecule has 0 bridgehead atoms. The number of rotatable bonds is 10. The highest BCUT2D eigenvalue weighted by Gasteiger charge is 2.20. The number of sulfonamides is 1. The van der Waals surface area contributed by atoms with Crippen molar-refractivity contribution in [1.82, 2.24) is 19.6 Å². The Morgan fingerprint density at radius 1 is 1.26 bits per heavy atom. The van der Waals surface area contributed by atoms with Crippen molar-refractivity contribution in [3.63, 3.8) is 0 Å². The molecular weight excluding hydrogens is 264 g/mol. The Balaban J connectivity index is 1.52. The number of hydrogen-bond donors (Lipinski definition) is 2. The van der Waals surface area contributed by atoms with Crippen LogP contribution in [0, 0.1) is 0 Å². The molecule has 2 rings (SSSR count). The van der Waals surface area contributed by atoms with Gasteiger partial charge in [-0.05, 0) is 32.2 Å². The van der Waals surface area contributed by atoms with Crippen LogP contribution < -0.4 is 10.0 Å². The van der Waals surface area contributed by atoms with Crippen molar-refractivity contribution < 1.29 is 8.42 Å². The van der Waals surface area contributed by atoms with E-state index in [1.807, 2.05) is 10.8 Å². The summed E-state index contributed by atoms with van der Waals surface area (Å²) in [6.07, 6.45) is 9.24. The maximum absolute atomic E-state index is 11.7. The van der Waals surface area contributed by atoms with Gasteiger partial charge in [0.25, 0.3) is 0 Å². The molecule has 1 aliphatic rings. The molecule has 108 valence electrons. The molecule has 0 amide bonds. The lowest BCUT2D eigenvalue weighted by Gasteiger charge is -2.07. The van der Waals surface area contributed by atoms with Crippen LogP contribution >= 0.6 is 0 Å². The van der Waals surface area contributed by atoms with Gasteiger partial charge in [-0.2, -0.15) is 0 Å². The molecule has 19 heavy (non-hydrogen) atoms. The quantitative estimate of drug-likeness (QED) is 0.608. The van der Waals surface area contributed by atoms with Gasteiger partial charge in [0.2, 0.25) is 10.0 Å². The first-order valence-corrected chi connectivity index (χ1v) is 8.47. The van der Waals surface area contributed by atoms with E-state index in [4.69, 9.17) is 0 Å². The minimum atomic E-state index is -3.12. The summed E-state index contributed by atoms with van der Waals surface area (Å²) in [4.78, 5) is 3.94. The van der Waals surface area contributed by atoms with Gasteiger partial charge in [0, 0.05) is 31.5 Å². The van der Waals surface area contributed by atoms with Gasteiger partial charge >= 0.3 is 0 Å². The largest absolute Gasteiger partial charge is 0.337 e. The number of hydrogen-bond acceptors (Lipinski definition) is 4. The van der Waals surface area contributed by atoms with Crippen molar-refractivity contribution in [2.45, 2.75) is 38.3 Å². The van der Waals surface area contributed by atoms with Gasteiger partial charge in [0.1, 0.15) is 0 Å². The third kappa shape index (κ3) is 6.17. The number of nitrogens with zero attached hydrogens (tertiary/aromatic N) is 2. The molecule has 1 saturated carbocycles. The highest BCUT2D eigenvalue weighted by Crippen LogP contribution is 2.18. The van der Waals surface area contributed by atoms with Crippen LogP contribution in [0.3, 0.4) is 0 Å². The fourth-order valence-corrected chi connectivity index (χ4v) is 2.96. The number of imidazole rings is 1. The monoisotopic (exact) mass is 286 g/mol. The lowest BCUT2D eigenvalue weighted by Crippen LogP contribution is -2.29. The van der Waals surface area contributed by atoms with E-state index in [-0.39, 0.29) is 5.75 Å². The zero-order valence-corrected chi connectivity index (χ0v) is 11.9. The number of aryl methyl sites for hydroxylation is 1. The first kappa shape index (κ1) is 14.5. The molecule has 0 saturated heterocycles. The van der Waals surface area contributed by atoms with Crippen molar-refractivity contribution >= 4 is 10.0 Å². The van der Waals surface area contributed by atoms with E-state index in [0.717, 1.165) is 19.5 Å². The van der Waals surface area contributed by atoms with Crippen molar-refractivity contribution in [1.29, 1.82) is 0 Å². The summed E-state index contributed by atoms with van der Waals surface area (Å²) < 4.78 is 28.0. The molecule has 0 radical (unpaired) electrons. The van der Waals surface area contributed by atoms with Crippen molar-refractivity contribution in [2.75, 3.05) is 18.8 Å². The van der Waals surface area contributed by atoms with E-state index in [1.165, 1.54) is 12.8 Å². The molecule has 1 aromatic rings. The van der Waals surface area contributed by atoms with Gasteiger partial charge in [0.15, 0.2) is 0 Å². The molecule has 1 aliphatic carbocycles. The molecule has 0 aliphatic heterocycles. The van der Waals surface area contributed by atoms with Crippen LogP contribution in [0.25, 0.3) is 0 Å². The summed E-state index contributed by atoms with van der Waals surface area (Å²) in [6, 6.07) is 0.644. The molecule has 0 aromatic carbocycles. The van der Waals surface area contributed by atoms with Crippen LogP contribution in [-0.4, -0.2) is 42.9 Å². The van der Waals surface area contributed by atoms with Crippen molar-refractivity contribution in [3.05, 3.63) is 18.7 Å². The van der Waals surface area contributed by atoms with Crippen molar-refractivity contribution in [2.24, 2.45) is 0 Å². The van der Waals surface area contributed by atoms with E-state index in [2.05, 4.69) is 15.0 Å². The maximum Gasteiger partial charge on any atom is 0.211 e. The summed E-state index contributed by atoms with van der Waals surface area (Å²) in [5.41, 5.74) is 0. The zero-order valence-electron chi connectivity index (χ0n) is 11.1. The first-order chi connectivity index (χ1) is 9.16. The van der Waals surface area contributed by atoms with Crippen LogP contribution in [-0.2, 0) is 16.6 Å². The first-order valence-electron chi connectivity index (χ1n) is 6.82. The maximum atomic E-state index is 11.7. The minimum absolute atomic E-state index is 0.206. The lowest BCUT2D eigenvalue weighted by atomic mass is 10.4. The molecule has 1 heterocycles. The molecule has 6 nitrogen and oxygen atoms in total. The van der Waals surface area contributed by atoms with E-state index in [9.17, 15) is 8.42 Å². The molecule has 7 heteroatoms. The van der Waals surface area contributed by atoms with Crippen LogP contribution in [0.1, 0.15) is 25.7 Å². The van der Waals surface area contributed by atoms with Crippen molar-refractivity contribution in [3.8, 4) is 0 Å². The second kappa shape index (κ2) is 7.02. The number of aromatic nitrogens is 2. The second-order valence-electron chi connectivity index (χ2n) is 4.95. The van der Waals surface area contributed by atoms with E-state index < -0.39 is 10.0 Å². The fourth-order valence-electron chi connectivity index (χ4n) is 1.84. The SMILES string of the molecule is O=S(=O)(CCCNC1CC1)NCCCn1ccnc1. The molecule has 0 unspecified atom stereocenters. The van der Waals surface area contributed by atoms with Crippen LogP contribution in [0.2, 0.25) is 0 Å². The van der Waals surface area contributed by atoms with Crippen LogP contribution in [0.5, 0.6) is 0 Å². The summed E-state index contributed by atoms with van der Waals surface area (Å²) in [7, 11) is -3.12. The Morgan fingerprint density at radius 3 is 2.79 bits per heavy atom. The molecule has 0 spiro atoms. The third-order valence-corrected chi connectivity index (χ3v) is 4.54. The predicted octanol–water partition coefficient (Wildman–Crippen LogP) is 0.335. The van der Waals surface area contributed by atoms with Gasteiger partial charge in [-0.3, -0.25) is 0 Å². The minimum Gasteiger partial charge on any atom is -0.337 e. The van der Waals surface area contributed by atoms with Gasteiger partial charge in [-0.15, -0.1) is 0 Å². The molecule has 0 atom stereocenters. The highest BCUT2D eigenvalue weighted by molar-refractivity contribution is 7.89. The Morgan fingerprint density at radius 2 is 2.11 bits per heavy atom. The summed E-state index contributed by atoms with van der Waals surface area (Å²) >= 11 is 0. The summed E-state index contributed by atoms with van der Waals surface area (Å²) in [5.74, 6) is 0.206. The van der Waals surface area contributed by atoms with Gasteiger partial charge in [-0.1, -0.05) is 0 Å². The predicted molar refractivity (Wildman–Crippen MR) is 74.3 cm³/mol. The molecule has 2 N–H and O–H groups in total.